The Kier molecular flexibility index (Phi) is 4.52. The second-order valence-corrected chi connectivity index (χ2v) is 7.55. The van der Waals surface area contributed by atoms with E-state index >= 15 is 0 Å². The van der Waals surface area contributed by atoms with Crippen LogP contribution in [0.1, 0.15) is 18.7 Å². The summed E-state index contributed by atoms with van der Waals surface area (Å²) in [5.74, 6) is -3.82. The number of oxazole rings is 1. The first-order valence-corrected chi connectivity index (χ1v) is 9.63. The van der Waals surface area contributed by atoms with Crippen LogP contribution in [0.4, 0.5) is 17.6 Å². The van der Waals surface area contributed by atoms with Crippen molar-refractivity contribution in [3.8, 4) is 28.3 Å². The summed E-state index contributed by atoms with van der Waals surface area (Å²) >= 11 is 0. The van der Waals surface area contributed by atoms with Crippen LogP contribution in [-0.2, 0) is 5.60 Å². The minimum absolute atomic E-state index is 0.0244. The summed E-state index contributed by atoms with van der Waals surface area (Å²) in [5, 5.41) is 10.4. The number of benzene rings is 2. The Labute approximate surface area is 178 Å². The van der Waals surface area contributed by atoms with Gasteiger partial charge in [-0.05, 0) is 43.2 Å². The Morgan fingerprint density at radius 2 is 1.69 bits per heavy atom. The third kappa shape index (κ3) is 3.31. The molecular weight excluding hydrogens is 428 g/mol. The maximum atomic E-state index is 14.5. The molecular formula is C23H14F4N2O3. The van der Waals surface area contributed by atoms with Gasteiger partial charge in [0, 0.05) is 23.9 Å². The van der Waals surface area contributed by atoms with E-state index in [1.54, 1.807) is 0 Å². The Balaban J connectivity index is 1.73. The van der Waals surface area contributed by atoms with Crippen LogP contribution in [-0.4, -0.2) is 14.7 Å². The maximum absolute atomic E-state index is 14.5. The first kappa shape index (κ1) is 20.2. The zero-order chi connectivity index (χ0) is 22.6. The van der Waals surface area contributed by atoms with E-state index in [1.165, 1.54) is 12.1 Å². The Hall–Kier alpha value is -3.72. The van der Waals surface area contributed by atoms with Crippen molar-refractivity contribution in [1.82, 2.24) is 9.55 Å². The third-order valence-electron chi connectivity index (χ3n) is 5.29. The number of halogens is 4. The smallest absolute Gasteiger partial charge is 0.255 e. The first-order chi connectivity index (χ1) is 15.3. The molecule has 0 radical (unpaired) electrons. The number of rotatable bonds is 4. The maximum Gasteiger partial charge on any atom is 0.255 e. The third-order valence-corrected chi connectivity index (χ3v) is 5.29. The first-order valence-electron chi connectivity index (χ1n) is 9.63. The van der Waals surface area contributed by atoms with E-state index in [0.717, 1.165) is 41.1 Å². The molecule has 1 fully saturated rings. The van der Waals surface area contributed by atoms with Crippen LogP contribution in [0.2, 0.25) is 0 Å². The number of pyridine rings is 1. The summed E-state index contributed by atoms with van der Waals surface area (Å²) in [5.41, 5.74) is -2.54. The molecule has 5 rings (SSSR count). The highest BCUT2D eigenvalue weighted by Gasteiger charge is 2.47. The predicted octanol–water partition coefficient (Wildman–Crippen LogP) is 4.70. The van der Waals surface area contributed by atoms with Gasteiger partial charge >= 0.3 is 0 Å². The van der Waals surface area contributed by atoms with Gasteiger partial charge in [-0.25, -0.2) is 22.5 Å². The molecule has 2 aromatic carbocycles. The van der Waals surface area contributed by atoms with Gasteiger partial charge < -0.3 is 9.52 Å². The highest BCUT2D eigenvalue weighted by Crippen LogP contribution is 2.47. The molecule has 0 atom stereocenters. The van der Waals surface area contributed by atoms with Crippen LogP contribution in [0.25, 0.3) is 28.3 Å². The molecule has 1 N–H and O–H groups in total. The van der Waals surface area contributed by atoms with Crippen molar-refractivity contribution >= 4 is 0 Å². The normalized spacial score (nSPS) is 14.5. The summed E-state index contributed by atoms with van der Waals surface area (Å²) < 4.78 is 63.0. The minimum atomic E-state index is -1.31. The van der Waals surface area contributed by atoms with Crippen LogP contribution in [0, 0.1) is 23.3 Å². The van der Waals surface area contributed by atoms with E-state index in [4.69, 9.17) is 4.42 Å². The van der Waals surface area contributed by atoms with Crippen molar-refractivity contribution < 1.29 is 27.1 Å². The molecule has 0 aliphatic heterocycles. The largest absolute Gasteiger partial charge is 0.437 e. The van der Waals surface area contributed by atoms with Gasteiger partial charge in [-0.2, -0.15) is 0 Å². The van der Waals surface area contributed by atoms with Gasteiger partial charge in [-0.15, -0.1) is 0 Å². The average Bonchev–Trinajstić information content (AvgIpc) is 3.33. The number of aromatic nitrogens is 2. The highest BCUT2D eigenvalue weighted by atomic mass is 19.1. The lowest BCUT2D eigenvalue weighted by atomic mass is 10.1. The fourth-order valence-electron chi connectivity index (χ4n) is 3.42. The molecule has 0 amide bonds. The van der Waals surface area contributed by atoms with E-state index < -0.39 is 40.1 Å². The van der Waals surface area contributed by atoms with Crippen LogP contribution in [0.5, 0.6) is 0 Å². The zero-order valence-corrected chi connectivity index (χ0v) is 16.3. The van der Waals surface area contributed by atoms with Gasteiger partial charge in [0.15, 0.2) is 5.76 Å². The second-order valence-electron chi connectivity index (χ2n) is 7.55. The summed E-state index contributed by atoms with van der Waals surface area (Å²) in [6, 6.07) is 8.45. The van der Waals surface area contributed by atoms with E-state index in [1.807, 2.05) is 0 Å². The van der Waals surface area contributed by atoms with Crippen LogP contribution < -0.4 is 5.56 Å². The highest BCUT2D eigenvalue weighted by molar-refractivity contribution is 5.77. The van der Waals surface area contributed by atoms with Crippen LogP contribution in [0.15, 0.2) is 63.9 Å². The van der Waals surface area contributed by atoms with Crippen molar-refractivity contribution in [2.75, 3.05) is 0 Å². The van der Waals surface area contributed by atoms with Gasteiger partial charge in [0.2, 0.25) is 5.89 Å². The summed E-state index contributed by atoms with van der Waals surface area (Å²) in [4.78, 5) is 16.7. The lowest BCUT2D eigenvalue weighted by molar-refractivity contribution is 0.118. The number of aliphatic hydroxyl groups is 1. The molecule has 2 heterocycles. The Bertz CT molecular complexity index is 1400. The molecule has 0 spiro atoms. The lowest BCUT2D eigenvalue weighted by Crippen LogP contribution is -2.19. The van der Waals surface area contributed by atoms with Crippen molar-refractivity contribution in [3.63, 3.8) is 0 Å². The second kappa shape index (κ2) is 7.16. The molecule has 1 aliphatic carbocycles. The molecule has 1 saturated carbocycles. The number of hydrogen-bond donors (Lipinski definition) is 1. The van der Waals surface area contributed by atoms with Gasteiger partial charge in [-0.3, -0.25) is 9.36 Å². The molecule has 0 saturated heterocycles. The minimum Gasteiger partial charge on any atom is -0.437 e. The molecule has 0 unspecified atom stereocenters. The van der Waals surface area contributed by atoms with Crippen molar-refractivity contribution in [3.05, 3.63) is 94.2 Å². The fourth-order valence-corrected chi connectivity index (χ4v) is 3.42. The molecule has 5 nitrogen and oxygen atoms in total. The van der Waals surface area contributed by atoms with Crippen LogP contribution in [0.3, 0.4) is 0 Å². The average molecular weight is 442 g/mol. The Morgan fingerprint density at radius 1 is 0.969 bits per heavy atom. The zero-order valence-electron chi connectivity index (χ0n) is 16.3. The van der Waals surface area contributed by atoms with Crippen molar-refractivity contribution in [1.29, 1.82) is 0 Å². The standard InChI is InChI=1S/C23H14F4N2O3/c24-13-5-6-14(17(27)10-13)21-19(28-22(32-21)23(31)8-9-23)12-4-7-18(30)29(11-12)20-15(25)2-1-3-16(20)26/h1-7,10-11,31H,8-9H2. The molecule has 32 heavy (non-hydrogen) atoms. The summed E-state index contributed by atoms with van der Waals surface area (Å²) in [7, 11) is 0. The van der Waals surface area contributed by atoms with E-state index in [2.05, 4.69) is 4.98 Å². The van der Waals surface area contributed by atoms with E-state index in [0.29, 0.717) is 18.9 Å². The Morgan fingerprint density at radius 3 is 2.34 bits per heavy atom. The van der Waals surface area contributed by atoms with E-state index in [-0.39, 0.29) is 28.5 Å². The predicted molar refractivity (Wildman–Crippen MR) is 106 cm³/mol. The summed E-state index contributed by atoms with van der Waals surface area (Å²) in [6.45, 7) is 0. The fraction of sp³-hybridized carbons (Fsp3) is 0.130. The lowest BCUT2D eigenvalue weighted by Gasteiger charge is -2.10. The van der Waals surface area contributed by atoms with Gasteiger partial charge in [0.05, 0.1) is 5.56 Å². The van der Waals surface area contributed by atoms with E-state index in [9.17, 15) is 27.5 Å². The van der Waals surface area contributed by atoms with Crippen LogP contribution >= 0.6 is 0 Å². The number of hydrogen-bond acceptors (Lipinski definition) is 4. The monoisotopic (exact) mass is 442 g/mol. The topological polar surface area (TPSA) is 68.3 Å². The van der Waals surface area contributed by atoms with Crippen molar-refractivity contribution in [2.45, 2.75) is 18.4 Å². The molecule has 4 aromatic rings. The molecule has 2 aromatic heterocycles. The molecule has 162 valence electrons. The quantitative estimate of drug-likeness (QED) is 0.466. The van der Waals surface area contributed by atoms with Gasteiger partial charge in [0.25, 0.3) is 5.56 Å². The molecule has 0 bridgehead atoms. The number of para-hydroxylation sites is 1. The summed E-state index contributed by atoms with van der Waals surface area (Å²) in [6.07, 6.45) is 1.92. The SMILES string of the molecule is O=c1ccc(-c2nc(C3(O)CC3)oc2-c2ccc(F)cc2F)cn1-c1c(F)cccc1F. The molecule has 1 aliphatic rings. The van der Waals surface area contributed by atoms with Gasteiger partial charge in [-0.1, -0.05) is 6.07 Å². The molecule has 9 heteroatoms. The number of nitrogens with zero attached hydrogens (tertiary/aromatic N) is 2. The van der Waals surface area contributed by atoms with Crippen molar-refractivity contribution in [2.24, 2.45) is 0 Å². The van der Waals surface area contributed by atoms with Gasteiger partial charge in [0.1, 0.15) is 40.3 Å².